The second kappa shape index (κ2) is 5.55. The lowest BCUT2D eigenvalue weighted by atomic mass is 10.1. The molecule has 1 unspecified atom stereocenters. The average molecular weight is 224 g/mol. The molecule has 2 rings (SSSR count). The molecule has 0 aliphatic carbocycles. The third-order valence-electron chi connectivity index (χ3n) is 2.61. The number of hydrogen-bond acceptors (Lipinski definition) is 3. The Morgan fingerprint density at radius 3 is 3.12 bits per heavy atom. The molecule has 2 amide bonds. The summed E-state index contributed by atoms with van der Waals surface area (Å²) in [4.78, 5) is 11.4. The maximum absolute atomic E-state index is 11.4. The topological polar surface area (TPSA) is 63.5 Å². The summed E-state index contributed by atoms with van der Waals surface area (Å²) in [5.74, 6) is 0.458. The summed E-state index contributed by atoms with van der Waals surface area (Å²) >= 11 is 0. The first kappa shape index (κ1) is 11.0. The van der Waals surface area contributed by atoms with Gasteiger partial charge >= 0.3 is 6.03 Å². The summed E-state index contributed by atoms with van der Waals surface area (Å²) in [6, 6.07) is 1.68. The molecule has 16 heavy (non-hydrogen) atoms. The Hall–Kier alpha value is -1.49. The predicted molar refractivity (Wildman–Crippen MR) is 57.9 cm³/mol. The number of nitrogens with one attached hydrogen (secondary N) is 2. The summed E-state index contributed by atoms with van der Waals surface area (Å²) in [5.41, 5.74) is 0.958. The van der Waals surface area contributed by atoms with E-state index in [9.17, 15) is 4.79 Å². The molecule has 2 heterocycles. The van der Waals surface area contributed by atoms with Crippen LogP contribution in [0.25, 0.3) is 0 Å². The molecule has 1 aromatic heterocycles. The van der Waals surface area contributed by atoms with Crippen LogP contribution in [0.4, 0.5) is 4.79 Å². The van der Waals surface area contributed by atoms with E-state index in [-0.39, 0.29) is 6.03 Å². The molecule has 0 bridgehead atoms. The van der Waals surface area contributed by atoms with Crippen molar-refractivity contribution in [2.45, 2.75) is 13.0 Å². The van der Waals surface area contributed by atoms with Crippen molar-refractivity contribution in [3.8, 4) is 0 Å². The van der Waals surface area contributed by atoms with Gasteiger partial charge in [0.25, 0.3) is 0 Å². The van der Waals surface area contributed by atoms with Gasteiger partial charge in [-0.25, -0.2) is 4.79 Å². The zero-order valence-electron chi connectivity index (χ0n) is 9.07. The number of amides is 2. The highest BCUT2D eigenvalue weighted by Gasteiger charge is 2.15. The van der Waals surface area contributed by atoms with Gasteiger partial charge in [-0.1, -0.05) is 0 Å². The van der Waals surface area contributed by atoms with Crippen LogP contribution in [0.15, 0.2) is 23.0 Å². The lowest BCUT2D eigenvalue weighted by Crippen LogP contribution is -2.37. The summed E-state index contributed by atoms with van der Waals surface area (Å²) < 4.78 is 10.1. The van der Waals surface area contributed by atoms with E-state index in [4.69, 9.17) is 9.15 Å². The Balaban J connectivity index is 1.60. The Bertz CT molecular complexity index is 318. The minimum absolute atomic E-state index is 0.145. The molecule has 0 spiro atoms. The van der Waals surface area contributed by atoms with Gasteiger partial charge in [-0.15, -0.1) is 0 Å². The quantitative estimate of drug-likeness (QED) is 0.805. The Morgan fingerprint density at radius 2 is 2.44 bits per heavy atom. The predicted octanol–water partition coefficient (Wildman–Crippen LogP) is 1.12. The zero-order valence-corrected chi connectivity index (χ0v) is 9.07. The average Bonchev–Trinajstić information content (AvgIpc) is 2.96. The molecule has 5 nitrogen and oxygen atoms in total. The van der Waals surface area contributed by atoms with E-state index in [1.165, 1.54) is 0 Å². The summed E-state index contributed by atoms with van der Waals surface area (Å²) in [5, 5.41) is 5.58. The van der Waals surface area contributed by atoms with Crippen LogP contribution in [0.1, 0.15) is 12.0 Å². The summed E-state index contributed by atoms with van der Waals surface area (Å²) in [6.45, 7) is 2.73. The van der Waals surface area contributed by atoms with Gasteiger partial charge in [-0.05, 0) is 12.5 Å². The highest BCUT2D eigenvalue weighted by atomic mass is 16.5. The monoisotopic (exact) mass is 224 g/mol. The van der Waals surface area contributed by atoms with Gasteiger partial charge in [0.1, 0.15) is 0 Å². The van der Waals surface area contributed by atoms with Crippen molar-refractivity contribution in [1.29, 1.82) is 0 Å². The first-order valence-corrected chi connectivity index (χ1v) is 5.45. The van der Waals surface area contributed by atoms with Gasteiger partial charge in [0.15, 0.2) is 0 Å². The number of furan rings is 1. The normalized spacial score (nSPS) is 19.6. The van der Waals surface area contributed by atoms with Crippen LogP contribution in [0.2, 0.25) is 0 Å². The van der Waals surface area contributed by atoms with Gasteiger partial charge in [0, 0.05) is 31.2 Å². The standard InChI is InChI=1S/C11H16N2O3/c14-11(12-5-9-1-3-15-7-9)13-6-10-2-4-16-8-10/h1,3,7,10H,2,4-6,8H2,(H2,12,13,14). The molecule has 88 valence electrons. The molecule has 0 aromatic carbocycles. The maximum atomic E-state index is 11.4. The van der Waals surface area contributed by atoms with E-state index in [0.717, 1.165) is 25.2 Å². The number of carbonyl (C=O) groups is 1. The molecule has 5 heteroatoms. The first-order chi connectivity index (χ1) is 7.84. The SMILES string of the molecule is O=C(NCc1ccoc1)NCC1CCOC1. The molecule has 1 aliphatic heterocycles. The van der Waals surface area contributed by atoms with E-state index < -0.39 is 0 Å². The van der Waals surface area contributed by atoms with Crippen LogP contribution in [0, 0.1) is 5.92 Å². The number of urea groups is 1. The Morgan fingerprint density at radius 1 is 1.50 bits per heavy atom. The molecule has 1 atom stereocenters. The number of ether oxygens (including phenoxy) is 1. The highest BCUT2D eigenvalue weighted by Crippen LogP contribution is 2.10. The molecule has 0 saturated carbocycles. The van der Waals surface area contributed by atoms with Gasteiger partial charge in [0.05, 0.1) is 19.1 Å². The molecular weight excluding hydrogens is 208 g/mol. The molecule has 1 fully saturated rings. The second-order valence-corrected chi connectivity index (χ2v) is 3.92. The third-order valence-corrected chi connectivity index (χ3v) is 2.61. The van der Waals surface area contributed by atoms with Crippen LogP contribution in [0.3, 0.4) is 0 Å². The van der Waals surface area contributed by atoms with Crippen molar-refractivity contribution < 1.29 is 13.9 Å². The van der Waals surface area contributed by atoms with Crippen LogP contribution in [-0.4, -0.2) is 25.8 Å². The minimum Gasteiger partial charge on any atom is -0.472 e. The van der Waals surface area contributed by atoms with Crippen LogP contribution < -0.4 is 10.6 Å². The van der Waals surface area contributed by atoms with Gasteiger partial charge in [0.2, 0.25) is 0 Å². The second-order valence-electron chi connectivity index (χ2n) is 3.92. The van der Waals surface area contributed by atoms with Crippen LogP contribution >= 0.6 is 0 Å². The van der Waals surface area contributed by atoms with Gasteiger partial charge < -0.3 is 19.8 Å². The van der Waals surface area contributed by atoms with Crippen molar-refractivity contribution in [2.24, 2.45) is 5.92 Å². The highest BCUT2D eigenvalue weighted by molar-refractivity contribution is 5.73. The molecule has 1 aromatic rings. The zero-order chi connectivity index (χ0) is 11.2. The smallest absolute Gasteiger partial charge is 0.315 e. The van der Waals surface area contributed by atoms with Crippen molar-refractivity contribution >= 4 is 6.03 Å². The van der Waals surface area contributed by atoms with E-state index in [0.29, 0.717) is 19.0 Å². The maximum Gasteiger partial charge on any atom is 0.315 e. The number of rotatable bonds is 4. The Labute approximate surface area is 94.1 Å². The van der Waals surface area contributed by atoms with E-state index in [2.05, 4.69) is 10.6 Å². The summed E-state index contributed by atoms with van der Waals surface area (Å²) in [7, 11) is 0. The van der Waals surface area contributed by atoms with Crippen molar-refractivity contribution in [3.05, 3.63) is 24.2 Å². The molecular formula is C11H16N2O3. The fourth-order valence-corrected chi connectivity index (χ4v) is 1.62. The van der Waals surface area contributed by atoms with Crippen molar-refractivity contribution in [2.75, 3.05) is 19.8 Å². The molecule has 2 N–H and O–H groups in total. The van der Waals surface area contributed by atoms with E-state index >= 15 is 0 Å². The third kappa shape index (κ3) is 3.27. The van der Waals surface area contributed by atoms with Crippen LogP contribution in [0.5, 0.6) is 0 Å². The van der Waals surface area contributed by atoms with E-state index in [1.54, 1.807) is 12.5 Å². The fraction of sp³-hybridized carbons (Fsp3) is 0.545. The van der Waals surface area contributed by atoms with Crippen molar-refractivity contribution in [1.82, 2.24) is 10.6 Å². The van der Waals surface area contributed by atoms with Gasteiger partial charge in [-0.3, -0.25) is 0 Å². The number of hydrogen-bond donors (Lipinski definition) is 2. The van der Waals surface area contributed by atoms with Crippen molar-refractivity contribution in [3.63, 3.8) is 0 Å². The fourth-order valence-electron chi connectivity index (χ4n) is 1.62. The lowest BCUT2D eigenvalue weighted by molar-refractivity contribution is 0.185. The molecule has 1 aliphatic rings. The Kier molecular flexibility index (Phi) is 3.82. The first-order valence-electron chi connectivity index (χ1n) is 5.45. The summed E-state index contributed by atoms with van der Waals surface area (Å²) in [6.07, 6.45) is 4.23. The van der Waals surface area contributed by atoms with E-state index in [1.807, 2.05) is 6.07 Å². The number of carbonyl (C=O) groups excluding carboxylic acids is 1. The molecule has 1 saturated heterocycles. The lowest BCUT2D eigenvalue weighted by Gasteiger charge is -2.10. The minimum atomic E-state index is -0.145. The van der Waals surface area contributed by atoms with Crippen LogP contribution in [-0.2, 0) is 11.3 Å². The van der Waals surface area contributed by atoms with Gasteiger partial charge in [-0.2, -0.15) is 0 Å². The largest absolute Gasteiger partial charge is 0.472 e. The molecule has 0 radical (unpaired) electrons.